The largest absolute Gasteiger partial charge is 0.325 e. The molecule has 0 aliphatic heterocycles. The van der Waals surface area contributed by atoms with Crippen molar-refractivity contribution >= 4 is 17.4 Å². The molecule has 0 spiro atoms. The number of hydrogen-bond acceptors (Lipinski definition) is 2. The standard InChI is InChI=1S/C26H33NO2/c1-18(2)21-13-10-14-22(19(3)4)25(21)27-24(29)17-23(28)26(15-8-9-16-26)20-11-6-5-7-12-20/h5-7,10-14,18-19H,8-9,15-17H2,1-4H3,(H,27,29). The maximum absolute atomic E-state index is 13.3. The van der Waals surface area contributed by atoms with Gasteiger partial charge < -0.3 is 5.32 Å². The van der Waals surface area contributed by atoms with Crippen LogP contribution in [0.2, 0.25) is 0 Å². The second-order valence-electron chi connectivity index (χ2n) is 8.92. The van der Waals surface area contributed by atoms with Crippen molar-refractivity contribution in [1.82, 2.24) is 0 Å². The van der Waals surface area contributed by atoms with E-state index in [0.717, 1.165) is 48.1 Å². The van der Waals surface area contributed by atoms with Crippen LogP contribution in [0.4, 0.5) is 5.69 Å². The van der Waals surface area contributed by atoms with Crippen LogP contribution in [0.3, 0.4) is 0 Å². The minimum atomic E-state index is -0.503. The van der Waals surface area contributed by atoms with E-state index in [1.165, 1.54) is 0 Å². The molecule has 3 nitrogen and oxygen atoms in total. The van der Waals surface area contributed by atoms with Crippen molar-refractivity contribution in [3.05, 3.63) is 65.2 Å². The van der Waals surface area contributed by atoms with Crippen LogP contribution in [0.5, 0.6) is 0 Å². The van der Waals surface area contributed by atoms with Gasteiger partial charge in [-0.1, -0.05) is 89.1 Å². The average molecular weight is 392 g/mol. The van der Waals surface area contributed by atoms with Crippen molar-refractivity contribution in [2.45, 2.75) is 77.0 Å². The third-order valence-electron chi connectivity index (χ3n) is 6.28. The zero-order valence-corrected chi connectivity index (χ0v) is 18.1. The SMILES string of the molecule is CC(C)c1cccc(C(C)C)c1NC(=O)CC(=O)C1(c2ccccc2)CCCC1. The van der Waals surface area contributed by atoms with Gasteiger partial charge >= 0.3 is 0 Å². The maximum Gasteiger partial charge on any atom is 0.231 e. The number of ketones is 1. The molecule has 0 aromatic heterocycles. The molecular formula is C26H33NO2. The summed E-state index contributed by atoms with van der Waals surface area (Å²) in [6.45, 7) is 8.51. The highest BCUT2D eigenvalue weighted by atomic mass is 16.2. The Morgan fingerprint density at radius 1 is 0.862 bits per heavy atom. The molecule has 0 bridgehead atoms. The fraction of sp³-hybridized carbons (Fsp3) is 0.462. The molecule has 0 heterocycles. The third-order valence-corrected chi connectivity index (χ3v) is 6.28. The molecule has 0 radical (unpaired) electrons. The molecule has 1 saturated carbocycles. The van der Waals surface area contributed by atoms with Crippen LogP contribution in [-0.2, 0) is 15.0 Å². The van der Waals surface area contributed by atoms with E-state index in [1.807, 2.05) is 30.3 Å². The zero-order chi connectivity index (χ0) is 21.0. The van der Waals surface area contributed by atoms with Crippen LogP contribution in [0.25, 0.3) is 0 Å². The third kappa shape index (κ3) is 4.44. The number of Topliss-reactive ketones (excluding diaryl/α,β-unsaturated/α-hetero) is 1. The van der Waals surface area contributed by atoms with Gasteiger partial charge in [-0.3, -0.25) is 9.59 Å². The van der Waals surface area contributed by atoms with Gasteiger partial charge in [-0.2, -0.15) is 0 Å². The van der Waals surface area contributed by atoms with Gasteiger partial charge in [0, 0.05) is 5.69 Å². The number of nitrogens with one attached hydrogen (secondary N) is 1. The number of rotatable bonds is 7. The molecule has 29 heavy (non-hydrogen) atoms. The van der Waals surface area contributed by atoms with Crippen molar-refractivity contribution in [3.8, 4) is 0 Å². The second kappa shape index (κ2) is 8.94. The summed E-state index contributed by atoms with van der Waals surface area (Å²) in [5.41, 5.74) is 3.68. The van der Waals surface area contributed by atoms with Crippen molar-refractivity contribution in [1.29, 1.82) is 0 Å². The number of carbonyl (C=O) groups is 2. The number of carbonyl (C=O) groups excluding carboxylic acids is 2. The molecule has 0 unspecified atom stereocenters. The van der Waals surface area contributed by atoms with Gasteiger partial charge in [0.2, 0.25) is 5.91 Å². The lowest BCUT2D eigenvalue weighted by atomic mass is 9.74. The summed E-state index contributed by atoms with van der Waals surface area (Å²) in [4.78, 5) is 26.3. The van der Waals surface area contributed by atoms with E-state index in [2.05, 4.69) is 51.2 Å². The molecule has 154 valence electrons. The lowest BCUT2D eigenvalue weighted by molar-refractivity contribution is -0.129. The first kappa shape index (κ1) is 21.3. The summed E-state index contributed by atoms with van der Waals surface area (Å²) in [6, 6.07) is 16.2. The van der Waals surface area contributed by atoms with Crippen LogP contribution < -0.4 is 5.32 Å². The van der Waals surface area contributed by atoms with Crippen LogP contribution in [0.15, 0.2) is 48.5 Å². The molecule has 1 aliphatic carbocycles. The zero-order valence-electron chi connectivity index (χ0n) is 18.1. The smallest absolute Gasteiger partial charge is 0.231 e. The first-order valence-corrected chi connectivity index (χ1v) is 10.9. The predicted octanol–water partition coefficient (Wildman–Crippen LogP) is 6.34. The summed E-state index contributed by atoms with van der Waals surface area (Å²) in [5.74, 6) is 0.439. The highest BCUT2D eigenvalue weighted by Gasteiger charge is 2.42. The molecule has 2 aromatic rings. The van der Waals surface area contributed by atoms with Gasteiger partial charge in [0.05, 0.1) is 11.8 Å². The lowest BCUT2D eigenvalue weighted by Gasteiger charge is -2.28. The number of anilines is 1. The number of benzene rings is 2. The molecular weight excluding hydrogens is 358 g/mol. The quantitative estimate of drug-likeness (QED) is 0.560. The van der Waals surface area contributed by atoms with Gasteiger partial charge in [-0.05, 0) is 41.4 Å². The van der Waals surface area contributed by atoms with E-state index < -0.39 is 5.41 Å². The van der Waals surface area contributed by atoms with Crippen molar-refractivity contribution in [2.75, 3.05) is 5.32 Å². The van der Waals surface area contributed by atoms with Crippen LogP contribution in [-0.4, -0.2) is 11.7 Å². The highest BCUT2D eigenvalue weighted by molar-refractivity contribution is 6.08. The van der Waals surface area contributed by atoms with Crippen molar-refractivity contribution < 1.29 is 9.59 Å². The van der Waals surface area contributed by atoms with Crippen LogP contribution in [0, 0.1) is 0 Å². The Balaban J connectivity index is 1.83. The number of para-hydroxylation sites is 1. The van der Waals surface area contributed by atoms with Gasteiger partial charge in [0.15, 0.2) is 5.78 Å². The maximum atomic E-state index is 13.3. The van der Waals surface area contributed by atoms with Gasteiger partial charge in [0.25, 0.3) is 0 Å². The molecule has 1 N–H and O–H groups in total. The van der Waals surface area contributed by atoms with E-state index in [9.17, 15) is 9.59 Å². The van der Waals surface area contributed by atoms with Crippen molar-refractivity contribution in [3.63, 3.8) is 0 Å². The van der Waals surface area contributed by atoms with E-state index in [1.54, 1.807) is 0 Å². The molecule has 1 amide bonds. The summed E-state index contributed by atoms with van der Waals surface area (Å²) < 4.78 is 0. The first-order valence-electron chi connectivity index (χ1n) is 10.9. The Hall–Kier alpha value is -2.42. The number of amides is 1. The molecule has 1 aliphatic rings. The lowest BCUT2D eigenvalue weighted by Crippen LogP contribution is -2.35. The van der Waals surface area contributed by atoms with E-state index in [0.29, 0.717) is 11.8 Å². The second-order valence-corrected chi connectivity index (χ2v) is 8.92. The minimum absolute atomic E-state index is 0.0480. The van der Waals surface area contributed by atoms with Gasteiger partial charge in [-0.15, -0.1) is 0 Å². The summed E-state index contributed by atoms with van der Waals surface area (Å²) in [7, 11) is 0. The Morgan fingerprint density at radius 2 is 1.41 bits per heavy atom. The minimum Gasteiger partial charge on any atom is -0.325 e. The fourth-order valence-corrected chi connectivity index (χ4v) is 4.66. The molecule has 2 aromatic carbocycles. The molecule has 3 rings (SSSR count). The van der Waals surface area contributed by atoms with Crippen LogP contribution >= 0.6 is 0 Å². The van der Waals surface area contributed by atoms with E-state index in [-0.39, 0.29) is 18.1 Å². The molecule has 1 fully saturated rings. The topological polar surface area (TPSA) is 46.2 Å². The number of hydrogen-bond donors (Lipinski definition) is 1. The Morgan fingerprint density at radius 3 is 1.93 bits per heavy atom. The van der Waals surface area contributed by atoms with Gasteiger partial charge in [-0.25, -0.2) is 0 Å². The monoisotopic (exact) mass is 391 g/mol. The van der Waals surface area contributed by atoms with E-state index >= 15 is 0 Å². The van der Waals surface area contributed by atoms with Crippen LogP contribution in [0.1, 0.15) is 88.3 Å². The van der Waals surface area contributed by atoms with Crippen molar-refractivity contribution in [2.24, 2.45) is 0 Å². The van der Waals surface area contributed by atoms with Gasteiger partial charge in [0.1, 0.15) is 0 Å². The fourth-order valence-electron chi connectivity index (χ4n) is 4.66. The summed E-state index contributed by atoms with van der Waals surface area (Å²) in [5, 5.41) is 3.11. The Bertz CT molecular complexity index is 835. The predicted molar refractivity (Wildman–Crippen MR) is 119 cm³/mol. The highest BCUT2D eigenvalue weighted by Crippen LogP contribution is 2.42. The van der Waals surface area contributed by atoms with E-state index in [4.69, 9.17) is 0 Å². The summed E-state index contributed by atoms with van der Waals surface area (Å²) in [6.07, 6.45) is 3.68. The normalized spacial score (nSPS) is 15.7. The Labute approximate surface area is 174 Å². The molecule has 3 heteroatoms. The first-order chi connectivity index (χ1) is 13.8. The summed E-state index contributed by atoms with van der Waals surface area (Å²) >= 11 is 0. The molecule has 0 atom stereocenters. The average Bonchev–Trinajstić information content (AvgIpc) is 3.19. The Kier molecular flexibility index (Phi) is 6.56. The molecule has 0 saturated heterocycles.